The molecule has 0 amide bonds. The van der Waals surface area contributed by atoms with E-state index in [-0.39, 0.29) is 0 Å². The first-order valence-electron chi connectivity index (χ1n) is 4.37. The van der Waals surface area contributed by atoms with Gasteiger partial charge in [-0.15, -0.1) is 4.99 Å². The normalized spacial score (nSPS) is 11.3. The van der Waals surface area contributed by atoms with Gasteiger partial charge in [-0.2, -0.15) is 10.4 Å². The molecule has 0 unspecified atom stereocenters. The van der Waals surface area contributed by atoms with E-state index in [1.54, 1.807) is 16.4 Å². The van der Waals surface area contributed by atoms with Crippen molar-refractivity contribution in [2.75, 3.05) is 0 Å². The van der Waals surface area contributed by atoms with Crippen molar-refractivity contribution >= 4 is 11.3 Å². The van der Waals surface area contributed by atoms with Crippen molar-refractivity contribution in [3.05, 3.63) is 46.2 Å². The molecule has 74 valence electrons. The van der Waals surface area contributed by atoms with Gasteiger partial charge in [0.2, 0.25) is 11.0 Å². The first-order valence-corrected chi connectivity index (χ1v) is 5.25. The second kappa shape index (κ2) is 4.53. The number of nitriles is 1. The Morgan fingerprint density at radius 1 is 1.40 bits per heavy atom. The molecule has 0 aliphatic rings. The highest BCUT2D eigenvalue weighted by atomic mass is 32.1. The van der Waals surface area contributed by atoms with E-state index in [0.717, 1.165) is 5.56 Å². The maximum Gasteiger partial charge on any atom is 0.218 e. The molecule has 0 saturated carbocycles. The van der Waals surface area contributed by atoms with Crippen molar-refractivity contribution in [1.82, 2.24) is 9.78 Å². The lowest BCUT2D eigenvalue weighted by atomic mass is 10.2. The van der Waals surface area contributed by atoms with Crippen LogP contribution in [0, 0.1) is 11.5 Å². The molecule has 5 heteroatoms. The van der Waals surface area contributed by atoms with Crippen LogP contribution in [0.5, 0.6) is 0 Å². The molecule has 0 saturated heterocycles. The predicted octanol–water partition coefficient (Wildman–Crippen LogP) is 1.37. The molecule has 0 radical (unpaired) electrons. The number of aromatic nitrogens is 2. The van der Waals surface area contributed by atoms with Crippen molar-refractivity contribution < 1.29 is 0 Å². The third-order valence-electron chi connectivity index (χ3n) is 1.89. The fourth-order valence-electron chi connectivity index (χ4n) is 1.23. The predicted molar refractivity (Wildman–Crippen MR) is 56.8 cm³/mol. The molecular weight excluding hydrogens is 208 g/mol. The Kier molecular flexibility index (Phi) is 2.90. The zero-order valence-electron chi connectivity index (χ0n) is 7.87. The van der Waals surface area contributed by atoms with Crippen molar-refractivity contribution in [3.8, 4) is 6.19 Å². The minimum Gasteiger partial charge on any atom is -0.233 e. The topological polar surface area (TPSA) is 54.0 Å². The summed E-state index contributed by atoms with van der Waals surface area (Å²) >= 11 is 1.36. The van der Waals surface area contributed by atoms with E-state index in [0.29, 0.717) is 11.3 Å². The lowest BCUT2D eigenvalue weighted by Crippen LogP contribution is -2.16. The van der Waals surface area contributed by atoms with Gasteiger partial charge in [0.25, 0.3) is 0 Å². The van der Waals surface area contributed by atoms with E-state index in [1.807, 2.05) is 30.3 Å². The maximum atomic E-state index is 8.48. The maximum absolute atomic E-state index is 8.48. The second-order valence-corrected chi connectivity index (χ2v) is 3.69. The van der Waals surface area contributed by atoms with E-state index in [2.05, 4.69) is 10.1 Å². The second-order valence-electron chi connectivity index (χ2n) is 2.88. The van der Waals surface area contributed by atoms with Gasteiger partial charge in [-0.25, -0.2) is 4.68 Å². The number of hydrogen-bond donors (Lipinski definition) is 0. The van der Waals surface area contributed by atoms with Gasteiger partial charge in [0.15, 0.2) is 0 Å². The largest absolute Gasteiger partial charge is 0.233 e. The number of nitrogens with zero attached hydrogens (tertiary/aromatic N) is 4. The molecule has 0 fully saturated rings. The molecule has 0 spiro atoms. The van der Waals surface area contributed by atoms with Gasteiger partial charge in [-0.3, -0.25) is 0 Å². The Bertz CT molecular complexity index is 532. The minimum atomic E-state index is 0.626. The van der Waals surface area contributed by atoms with Crippen LogP contribution in [0.1, 0.15) is 5.56 Å². The molecule has 0 N–H and O–H groups in total. The van der Waals surface area contributed by atoms with Gasteiger partial charge in [0.1, 0.15) is 5.51 Å². The highest BCUT2D eigenvalue weighted by Crippen LogP contribution is 1.99. The van der Waals surface area contributed by atoms with Gasteiger partial charge in [-0.1, -0.05) is 41.7 Å². The van der Waals surface area contributed by atoms with Crippen LogP contribution in [0.15, 0.2) is 40.8 Å². The summed E-state index contributed by atoms with van der Waals surface area (Å²) in [4.78, 5) is 4.31. The summed E-state index contributed by atoms with van der Waals surface area (Å²) in [5.74, 6) is 0. The quantitative estimate of drug-likeness (QED) is 0.712. The van der Waals surface area contributed by atoms with Crippen LogP contribution in [0.2, 0.25) is 0 Å². The minimum absolute atomic E-state index is 0.626. The molecule has 0 atom stereocenters. The Morgan fingerprint density at radius 2 is 2.20 bits per heavy atom. The lowest BCUT2D eigenvalue weighted by Gasteiger charge is -1.99. The van der Waals surface area contributed by atoms with Gasteiger partial charge in [0, 0.05) is 0 Å². The zero-order valence-corrected chi connectivity index (χ0v) is 8.68. The summed E-state index contributed by atoms with van der Waals surface area (Å²) in [7, 11) is 0. The van der Waals surface area contributed by atoms with Crippen LogP contribution in [-0.4, -0.2) is 9.78 Å². The Hall–Kier alpha value is -1.93. The van der Waals surface area contributed by atoms with Gasteiger partial charge >= 0.3 is 0 Å². The molecule has 4 nitrogen and oxygen atoms in total. The Balaban J connectivity index is 2.30. The SMILES string of the molecule is N#C/N=c1\scnn1Cc1ccccc1. The average molecular weight is 216 g/mol. The summed E-state index contributed by atoms with van der Waals surface area (Å²) < 4.78 is 1.71. The smallest absolute Gasteiger partial charge is 0.218 e. The highest BCUT2D eigenvalue weighted by Gasteiger charge is 1.97. The highest BCUT2D eigenvalue weighted by molar-refractivity contribution is 7.06. The van der Waals surface area contributed by atoms with E-state index in [4.69, 9.17) is 5.26 Å². The Labute approximate surface area is 90.8 Å². The standard InChI is InChI=1S/C10H8N4S/c11-7-12-10-14(13-8-15-10)6-9-4-2-1-3-5-9/h1-5,8H,6H2/b12-10-. The molecule has 0 aliphatic heterocycles. The summed E-state index contributed by atoms with van der Waals surface area (Å²) in [6, 6.07) is 9.95. The van der Waals surface area contributed by atoms with Crippen LogP contribution < -0.4 is 4.80 Å². The summed E-state index contributed by atoms with van der Waals surface area (Å²) in [6.45, 7) is 0.644. The first kappa shape index (κ1) is 9.62. The van der Waals surface area contributed by atoms with E-state index in [9.17, 15) is 0 Å². The van der Waals surface area contributed by atoms with Crippen molar-refractivity contribution in [2.45, 2.75) is 6.54 Å². The zero-order chi connectivity index (χ0) is 10.5. The van der Waals surface area contributed by atoms with Gasteiger partial charge < -0.3 is 0 Å². The van der Waals surface area contributed by atoms with E-state index >= 15 is 0 Å². The van der Waals surface area contributed by atoms with Crippen LogP contribution in [0.3, 0.4) is 0 Å². The summed E-state index contributed by atoms with van der Waals surface area (Å²) in [6.07, 6.45) is 1.77. The molecule has 1 heterocycles. The fourth-order valence-corrected chi connectivity index (χ4v) is 1.81. The van der Waals surface area contributed by atoms with Crippen LogP contribution in [0.25, 0.3) is 0 Å². The molecular formula is C10H8N4S. The van der Waals surface area contributed by atoms with Crippen molar-refractivity contribution in [2.24, 2.45) is 4.99 Å². The van der Waals surface area contributed by atoms with Crippen LogP contribution in [0.4, 0.5) is 0 Å². The fraction of sp³-hybridized carbons (Fsp3) is 0.100. The van der Waals surface area contributed by atoms with E-state index < -0.39 is 0 Å². The third kappa shape index (κ3) is 2.30. The monoisotopic (exact) mass is 216 g/mol. The summed E-state index contributed by atoms with van der Waals surface area (Å²) in [5.41, 5.74) is 2.82. The van der Waals surface area contributed by atoms with E-state index in [1.165, 1.54) is 11.3 Å². The Morgan fingerprint density at radius 3 is 2.93 bits per heavy atom. The number of rotatable bonds is 2. The number of hydrogen-bond acceptors (Lipinski definition) is 4. The molecule has 2 aromatic rings. The first-order chi connectivity index (χ1) is 7.40. The molecule has 2 rings (SSSR count). The van der Waals surface area contributed by atoms with Crippen molar-refractivity contribution in [1.29, 1.82) is 5.26 Å². The number of benzene rings is 1. The molecule has 1 aromatic heterocycles. The molecule has 0 bridgehead atoms. The van der Waals surface area contributed by atoms with Gasteiger partial charge in [-0.05, 0) is 5.56 Å². The van der Waals surface area contributed by atoms with Crippen LogP contribution in [-0.2, 0) is 6.54 Å². The summed E-state index contributed by atoms with van der Waals surface area (Å²) in [5, 5.41) is 12.6. The molecule has 1 aromatic carbocycles. The van der Waals surface area contributed by atoms with Crippen LogP contribution >= 0.6 is 11.3 Å². The lowest BCUT2D eigenvalue weighted by molar-refractivity contribution is 0.656. The van der Waals surface area contributed by atoms with Gasteiger partial charge in [0.05, 0.1) is 6.54 Å². The molecule has 0 aliphatic carbocycles. The third-order valence-corrected chi connectivity index (χ3v) is 2.60. The molecule has 15 heavy (non-hydrogen) atoms. The van der Waals surface area contributed by atoms with Crippen molar-refractivity contribution in [3.63, 3.8) is 0 Å². The average Bonchev–Trinajstić information content (AvgIpc) is 2.68.